The zero-order valence-electron chi connectivity index (χ0n) is 23.9. The van der Waals surface area contributed by atoms with Crippen LogP contribution in [0, 0.1) is 0 Å². The van der Waals surface area contributed by atoms with Gasteiger partial charge in [0.05, 0.1) is 23.7 Å². The lowest BCUT2D eigenvalue weighted by atomic mass is 10.1. The molecule has 4 aromatic carbocycles. The van der Waals surface area contributed by atoms with Gasteiger partial charge in [-0.05, 0) is 61.0 Å². The number of fused-ring (bicyclic) bond motifs is 1. The maximum atomic E-state index is 10.6. The van der Waals surface area contributed by atoms with E-state index in [9.17, 15) is 10.2 Å². The van der Waals surface area contributed by atoms with Gasteiger partial charge in [-0.15, -0.1) is 5.11 Å². The smallest absolute Gasteiger partial charge is 0.147 e. The summed E-state index contributed by atoms with van der Waals surface area (Å²) in [5, 5.41) is 39.2. The van der Waals surface area contributed by atoms with Crippen molar-refractivity contribution in [3.8, 4) is 17.2 Å². The highest BCUT2D eigenvalue weighted by Crippen LogP contribution is 2.42. The van der Waals surface area contributed by atoms with Gasteiger partial charge in [0.25, 0.3) is 0 Å². The van der Waals surface area contributed by atoms with Crippen LogP contribution in [0.1, 0.15) is 71.1 Å². The molecule has 0 unspecified atom stereocenters. The van der Waals surface area contributed by atoms with Crippen LogP contribution in [0.25, 0.3) is 10.8 Å². The Hall–Kier alpha value is -4.26. The Balaban J connectivity index is 1.34. The van der Waals surface area contributed by atoms with Gasteiger partial charge in [0.2, 0.25) is 0 Å². The van der Waals surface area contributed by atoms with Crippen LogP contribution in [0.2, 0.25) is 0 Å². The minimum atomic E-state index is -0.154. The molecule has 0 aliphatic rings. The Bertz CT molecular complexity index is 1420. The molecule has 0 bridgehead atoms. The van der Waals surface area contributed by atoms with Crippen molar-refractivity contribution in [2.24, 2.45) is 20.5 Å². The number of ether oxygens (including phenoxy) is 1. The monoisotopic (exact) mass is 552 g/mol. The second-order valence-electron chi connectivity index (χ2n) is 10.3. The molecule has 0 saturated heterocycles. The van der Waals surface area contributed by atoms with Crippen LogP contribution in [-0.4, -0.2) is 16.8 Å². The number of aromatic hydroxyl groups is 2. The van der Waals surface area contributed by atoms with E-state index in [1.807, 2.05) is 36.4 Å². The van der Waals surface area contributed by atoms with Crippen molar-refractivity contribution in [2.45, 2.75) is 71.1 Å². The predicted molar refractivity (Wildman–Crippen MR) is 166 cm³/mol. The summed E-state index contributed by atoms with van der Waals surface area (Å²) in [6, 6.07) is 23.4. The maximum absolute atomic E-state index is 10.6. The summed E-state index contributed by atoms with van der Waals surface area (Å²) < 4.78 is 6.00. The minimum Gasteiger partial charge on any atom is -0.507 e. The Morgan fingerprint density at radius 1 is 0.537 bits per heavy atom. The molecule has 0 saturated carbocycles. The Morgan fingerprint density at radius 2 is 1.10 bits per heavy atom. The molecule has 0 spiro atoms. The average Bonchev–Trinajstić information content (AvgIpc) is 2.99. The van der Waals surface area contributed by atoms with Crippen LogP contribution in [-0.2, 0) is 0 Å². The fourth-order valence-corrected chi connectivity index (χ4v) is 4.63. The molecule has 0 heterocycles. The highest BCUT2D eigenvalue weighted by Gasteiger charge is 2.13. The number of phenols is 2. The van der Waals surface area contributed by atoms with Crippen LogP contribution in [0.15, 0.2) is 99.3 Å². The van der Waals surface area contributed by atoms with Crippen molar-refractivity contribution in [1.82, 2.24) is 0 Å². The molecule has 0 atom stereocenters. The number of rotatable bonds is 16. The number of unbranched alkanes of at least 4 members (excludes halogenated alkanes) is 9. The summed E-state index contributed by atoms with van der Waals surface area (Å²) >= 11 is 0. The van der Waals surface area contributed by atoms with Gasteiger partial charge in [-0.25, -0.2) is 0 Å². The highest BCUT2D eigenvalue weighted by atomic mass is 16.5. The average molecular weight is 553 g/mol. The van der Waals surface area contributed by atoms with Gasteiger partial charge >= 0.3 is 0 Å². The first kappa shape index (κ1) is 29.7. The van der Waals surface area contributed by atoms with E-state index in [0.717, 1.165) is 18.5 Å². The Kier molecular flexibility index (Phi) is 11.7. The van der Waals surface area contributed by atoms with Crippen LogP contribution in [0.5, 0.6) is 17.2 Å². The van der Waals surface area contributed by atoms with Crippen molar-refractivity contribution in [2.75, 3.05) is 6.61 Å². The minimum absolute atomic E-state index is 0.0224. The third-order valence-electron chi connectivity index (χ3n) is 6.96. The standard InChI is InChI=1S/C34H40N4O3/c1-2-3-4-5-6-7-8-9-10-14-23-41-29-21-22-30-31(24-29)34(33(40)25-32(30)39)38-37-28-19-17-27(18-20-28)36-35-26-15-12-11-13-16-26/h11-13,15-22,24-25,39-40H,2-10,14,23H2,1H3. The summed E-state index contributed by atoms with van der Waals surface area (Å²) in [7, 11) is 0. The van der Waals surface area contributed by atoms with Crippen LogP contribution in [0.4, 0.5) is 22.7 Å². The molecule has 0 amide bonds. The van der Waals surface area contributed by atoms with Crippen molar-refractivity contribution < 1.29 is 14.9 Å². The lowest BCUT2D eigenvalue weighted by Crippen LogP contribution is -1.97. The van der Waals surface area contributed by atoms with Gasteiger partial charge in [0.1, 0.15) is 22.9 Å². The molecule has 0 aliphatic carbocycles. The number of phenolic OH excluding ortho intramolecular Hbond substituents is 2. The van der Waals surface area contributed by atoms with Crippen molar-refractivity contribution >= 4 is 33.5 Å². The summed E-state index contributed by atoms with van der Waals surface area (Å²) in [4.78, 5) is 0. The van der Waals surface area contributed by atoms with E-state index in [1.165, 1.54) is 57.4 Å². The molecule has 4 rings (SSSR count). The molecule has 41 heavy (non-hydrogen) atoms. The van der Waals surface area contributed by atoms with Gasteiger partial charge < -0.3 is 14.9 Å². The lowest BCUT2D eigenvalue weighted by molar-refractivity contribution is 0.304. The second-order valence-corrected chi connectivity index (χ2v) is 10.3. The Labute approximate surface area is 242 Å². The second kappa shape index (κ2) is 16.1. The maximum Gasteiger partial charge on any atom is 0.147 e. The van der Waals surface area contributed by atoms with Crippen LogP contribution in [0.3, 0.4) is 0 Å². The topological polar surface area (TPSA) is 99.1 Å². The van der Waals surface area contributed by atoms with Crippen molar-refractivity contribution in [1.29, 1.82) is 0 Å². The third-order valence-corrected chi connectivity index (χ3v) is 6.96. The van der Waals surface area contributed by atoms with E-state index >= 15 is 0 Å². The predicted octanol–water partition coefficient (Wildman–Crippen LogP) is 11.4. The summed E-state index contributed by atoms with van der Waals surface area (Å²) in [6.45, 7) is 2.87. The molecule has 7 heteroatoms. The molecule has 0 aromatic heterocycles. The van der Waals surface area contributed by atoms with Gasteiger partial charge in [-0.3, -0.25) is 0 Å². The van der Waals surface area contributed by atoms with Gasteiger partial charge in [-0.2, -0.15) is 15.3 Å². The zero-order chi connectivity index (χ0) is 28.7. The van der Waals surface area contributed by atoms with Crippen LogP contribution < -0.4 is 4.74 Å². The normalized spacial score (nSPS) is 11.6. The SMILES string of the molecule is CCCCCCCCCCCCOc1ccc2c(O)cc(O)c(N=Nc3ccc(N=Nc4ccccc4)cc3)c2c1. The number of hydrogen-bond acceptors (Lipinski definition) is 7. The molecule has 0 aliphatic heterocycles. The van der Waals surface area contributed by atoms with Gasteiger partial charge in [0.15, 0.2) is 0 Å². The van der Waals surface area contributed by atoms with Crippen molar-refractivity contribution in [3.63, 3.8) is 0 Å². The van der Waals surface area contributed by atoms with Gasteiger partial charge in [0, 0.05) is 16.8 Å². The fourth-order valence-electron chi connectivity index (χ4n) is 4.63. The van der Waals surface area contributed by atoms with E-state index in [0.29, 0.717) is 34.5 Å². The number of hydrogen-bond donors (Lipinski definition) is 2. The molecular formula is C34H40N4O3. The van der Waals surface area contributed by atoms with Crippen molar-refractivity contribution in [3.05, 3.63) is 78.9 Å². The van der Waals surface area contributed by atoms with E-state index in [1.54, 1.807) is 36.4 Å². The third kappa shape index (κ3) is 9.41. The first-order valence-corrected chi connectivity index (χ1v) is 14.7. The van der Waals surface area contributed by atoms with Crippen LogP contribution >= 0.6 is 0 Å². The van der Waals surface area contributed by atoms with E-state index in [2.05, 4.69) is 27.4 Å². The molecule has 0 radical (unpaired) electrons. The van der Waals surface area contributed by atoms with E-state index in [-0.39, 0.29) is 17.2 Å². The highest BCUT2D eigenvalue weighted by molar-refractivity contribution is 6.00. The molecule has 4 aromatic rings. The number of benzene rings is 4. The zero-order valence-corrected chi connectivity index (χ0v) is 23.9. The molecule has 214 valence electrons. The van der Waals surface area contributed by atoms with Gasteiger partial charge in [-0.1, -0.05) is 82.9 Å². The summed E-state index contributed by atoms with van der Waals surface area (Å²) in [5.41, 5.74) is 2.33. The lowest BCUT2D eigenvalue weighted by Gasteiger charge is -2.10. The number of nitrogens with zero attached hydrogens (tertiary/aromatic N) is 4. The number of azo groups is 2. The molecular weight excluding hydrogens is 512 g/mol. The van der Waals surface area contributed by atoms with E-state index in [4.69, 9.17) is 4.74 Å². The molecule has 7 nitrogen and oxygen atoms in total. The summed E-state index contributed by atoms with van der Waals surface area (Å²) in [5.74, 6) is 0.493. The molecule has 0 fully saturated rings. The first-order valence-electron chi connectivity index (χ1n) is 14.7. The Morgan fingerprint density at radius 3 is 1.73 bits per heavy atom. The van der Waals surface area contributed by atoms with E-state index < -0.39 is 0 Å². The fraction of sp³-hybridized carbons (Fsp3) is 0.353. The molecule has 2 N–H and O–H groups in total. The largest absolute Gasteiger partial charge is 0.507 e. The first-order chi connectivity index (χ1) is 20.1. The quantitative estimate of drug-likeness (QED) is 0.107. The summed E-state index contributed by atoms with van der Waals surface area (Å²) in [6.07, 6.45) is 12.7.